The van der Waals surface area contributed by atoms with Crippen molar-refractivity contribution in [1.29, 1.82) is 0 Å². The first-order valence-corrected chi connectivity index (χ1v) is 9.63. The lowest BCUT2D eigenvalue weighted by Crippen LogP contribution is -2.39. The second-order valence-corrected chi connectivity index (χ2v) is 7.50. The third kappa shape index (κ3) is 4.33. The van der Waals surface area contributed by atoms with Crippen LogP contribution in [-0.2, 0) is 11.3 Å². The van der Waals surface area contributed by atoms with Gasteiger partial charge in [-0.05, 0) is 57.7 Å². The van der Waals surface area contributed by atoms with Gasteiger partial charge in [-0.15, -0.1) is 0 Å². The average molecular weight is 389 g/mol. The number of carbonyl (C=O) groups excluding carboxylic acids is 1. The third-order valence-electron chi connectivity index (χ3n) is 4.96. The van der Waals surface area contributed by atoms with Gasteiger partial charge in [0, 0.05) is 24.3 Å². The molecule has 0 bridgehead atoms. The van der Waals surface area contributed by atoms with Crippen LogP contribution in [0.3, 0.4) is 0 Å². The summed E-state index contributed by atoms with van der Waals surface area (Å²) in [5.74, 6) is 0.277. The molecule has 0 spiro atoms. The summed E-state index contributed by atoms with van der Waals surface area (Å²) in [6.07, 6.45) is 3.31. The summed E-state index contributed by atoms with van der Waals surface area (Å²) in [5, 5.41) is 3.28. The first-order valence-electron chi connectivity index (χ1n) is 9.26. The number of piperidine rings is 1. The van der Waals surface area contributed by atoms with Crippen LogP contribution in [0.15, 0.2) is 23.0 Å². The number of benzene rings is 1. The van der Waals surface area contributed by atoms with Crippen LogP contribution in [0.5, 0.6) is 0 Å². The first-order chi connectivity index (χ1) is 12.9. The molecule has 0 radical (unpaired) electrons. The molecule has 6 nitrogen and oxygen atoms in total. The molecular formula is C20H25ClN4O2. The molecule has 0 aliphatic carbocycles. The van der Waals surface area contributed by atoms with Crippen LogP contribution in [0, 0.1) is 20.8 Å². The highest BCUT2D eigenvalue weighted by Gasteiger charge is 2.21. The molecule has 2 aromatic rings. The lowest BCUT2D eigenvalue weighted by molar-refractivity contribution is -0.116. The van der Waals surface area contributed by atoms with Crippen LogP contribution >= 0.6 is 11.6 Å². The van der Waals surface area contributed by atoms with Crippen LogP contribution in [0.1, 0.15) is 36.1 Å². The number of aryl methyl sites for hydroxylation is 2. The van der Waals surface area contributed by atoms with Gasteiger partial charge in [-0.1, -0.05) is 17.7 Å². The number of carbonyl (C=O) groups is 1. The van der Waals surface area contributed by atoms with Gasteiger partial charge < -0.3 is 10.2 Å². The van der Waals surface area contributed by atoms with E-state index in [2.05, 4.69) is 15.2 Å². The maximum Gasteiger partial charge on any atom is 0.258 e. The zero-order valence-corrected chi connectivity index (χ0v) is 16.8. The lowest BCUT2D eigenvalue weighted by atomic mass is 10.1. The molecule has 27 heavy (non-hydrogen) atoms. The summed E-state index contributed by atoms with van der Waals surface area (Å²) < 4.78 is 1.48. The van der Waals surface area contributed by atoms with Crippen LogP contribution in [0.4, 0.5) is 11.6 Å². The van der Waals surface area contributed by atoms with Crippen LogP contribution in [0.2, 0.25) is 5.02 Å². The molecule has 1 aromatic heterocycles. The minimum atomic E-state index is -0.300. The molecule has 1 aliphatic rings. The predicted octanol–water partition coefficient (Wildman–Crippen LogP) is 3.45. The van der Waals surface area contributed by atoms with E-state index >= 15 is 0 Å². The van der Waals surface area contributed by atoms with Crippen molar-refractivity contribution < 1.29 is 4.79 Å². The Morgan fingerprint density at radius 2 is 1.89 bits per heavy atom. The van der Waals surface area contributed by atoms with Gasteiger partial charge in [0.05, 0.1) is 10.7 Å². The van der Waals surface area contributed by atoms with E-state index in [1.165, 1.54) is 11.0 Å². The fourth-order valence-corrected chi connectivity index (χ4v) is 3.56. The van der Waals surface area contributed by atoms with Crippen molar-refractivity contribution in [2.75, 3.05) is 23.3 Å². The van der Waals surface area contributed by atoms with Crippen molar-refractivity contribution in [3.8, 4) is 0 Å². The van der Waals surface area contributed by atoms with E-state index in [4.69, 9.17) is 11.6 Å². The SMILES string of the molecule is Cc1ccc(NC(=O)Cn2c(N3CCCCC3)nc(C)c(C)c2=O)c(Cl)c1. The number of amides is 1. The Hall–Kier alpha value is -2.34. The Morgan fingerprint density at radius 1 is 1.19 bits per heavy atom. The molecule has 1 fully saturated rings. The molecule has 1 aliphatic heterocycles. The zero-order valence-electron chi connectivity index (χ0n) is 16.0. The van der Waals surface area contributed by atoms with E-state index in [0.717, 1.165) is 31.5 Å². The number of nitrogens with zero attached hydrogens (tertiary/aromatic N) is 3. The number of hydrogen-bond donors (Lipinski definition) is 1. The number of rotatable bonds is 4. The van der Waals surface area contributed by atoms with Crippen molar-refractivity contribution in [2.45, 2.75) is 46.6 Å². The van der Waals surface area contributed by atoms with Crippen molar-refractivity contribution >= 4 is 29.1 Å². The van der Waals surface area contributed by atoms with Crippen molar-refractivity contribution in [1.82, 2.24) is 9.55 Å². The van der Waals surface area contributed by atoms with Crippen LogP contribution in [-0.4, -0.2) is 28.5 Å². The van der Waals surface area contributed by atoms with E-state index in [1.807, 2.05) is 19.9 Å². The van der Waals surface area contributed by atoms with Gasteiger partial charge >= 0.3 is 0 Å². The monoisotopic (exact) mass is 388 g/mol. The second kappa shape index (κ2) is 8.13. The van der Waals surface area contributed by atoms with Crippen LogP contribution in [0.25, 0.3) is 0 Å². The van der Waals surface area contributed by atoms with Crippen molar-refractivity contribution in [3.63, 3.8) is 0 Å². The summed E-state index contributed by atoms with van der Waals surface area (Å²) in [5.41, 5.74) is 2.65. The van der Waals surface area contributed by atoms with Crippen LogP contribution < -0.4 is 15.8 Å². The molecule has 3 rings (SSSR count). The Labute approximate surface area is 164 Å². The van der Waals surface area contributed by atoms with Gasteiger partial charge in [0.25, 0.3) is 5.56 Å². The standard InChI is InChI=1S/C20H25ClN4O2/c1-13-7-8-17(16(21)11-13)23-18(26)12-25-19(27)14(2)15(3)22-20(25)24-9-5-4-6-10-24/h7-8,11H,4-6,9-10,12H2,1-3H3,(H,23,26). The fourth-order valence-electron chi connectivity index (χ4n) is 3.27. The predicted molar refractivity (Wildman–Crippen MR) is 109 cm³/mol. The van der Waals surface area contributed by atoms with E-state index in [1.54, 1.807) is 19.1 Å². The summed E-state index contributed by atoms with van der Waals surface area (Å²) in [4.78, 5) is 32.2. The van der Waals surface area contributed by atoms with Crippen molar-refractivity contribution in [3.05, 3.63) is 50.4 Å². The largest absolute Gasteiger partial charge is 0.342 e. The van der Waals surface area contributed by atoms with Gasteiger partial charge in [-0.2, -0.15) is 0 Å². The lowest BCUT2D eigenvalue weighted by Gasteiger charge is -2.30. The average Bonchev–Trinajstić information content (AvgIpc) is 2.65. The molecule has 0 unspecified atom stereocenters. The molecule has 2 heterocycles. The summed E-state index contributed by atoms with van der Waals surface area (Å²) >= 11 is 6.20. The van der Waals surface area contributed by atoms with E-state index in [-0.39, 0.29) is 18.0 Å². The number of aromatic nitrogens is 2. The third-order valence-corrected chi connectivity index (χ3v) is 5.27. The molecule has 0 saturated carbocycles. The number of hydrogen-bond acceptors (Lipinski definition) is 4. The Morgan fingerprint density at radius 3 is 2.56 bits per heavy atom. The Kier molecular flexibility index (Phi) is 5.85. The highest BCUT2D eigenvalue weighted by Crippen LogP contribution is 2.23. The molecule has 1 saturated heterocycles. The number of nitrogens with one attached hydrogen (secondary N) is 1. The van der Waals surface area contributed by atoms with E-state index in [0.29, 0.717) is 27.9 Å². The molecular weight excluding hydrogens is 364 g/mol. The number of anilines is 2. The van der Waals surface area contributed by atoms with Crippen molar-refractivity contribution in [2.24, 2.45) is 0 Å². The summed E-state index contributed by atoms with van der Waals surface area (Å²) in [6, 6.07) is 5.44. The van der Waals surface area contributed by atoms with E-state index < -0.39 is 0 Å². The second-order valence-electron chi connectivity index (χ2n) is 7.09. The molecule has 1 N–H and O–H groups in total. The zero-order chi connectivity index (χ0) is 19.6. The van der Waals surface area contributed by atoms with Gasteiger partial charge in [-0.3, -0.25) is 14.2 Å². The summed E-state index contributed by atoms with van der Waals surface area (Å²) in [6.45, 7) is 7.11. The number of halogens is 1. The topological polar surface area (TPSA) is 67.2 Å². The Balaban J connectivity index is 1.89. The highest BCUT2D eigenvalue weighted by molar-refractivity contribution is 6.33. The first kappa shape index (κ1) is 19.4. The maximum atomic E-state index is 12.8. The molecule has 7 heteroatoms. The molecule has 1 aromatic carbocycles. The van der Waals surface area contributed by atoms with Gasteiger partial charge in [0.2, 0.25) is 11.9 Å². The molecule has 144 valence electrons. The highest BCUT2D eigenvalue weighted by atomic mass is 35.5. The Bertz CT molecular complexity index is 917. The normalized spacial score (nSPS) is 14.3. The minimum Gasteiger partial charge on any atom is -0.342 e. The summed E-state index contributed by atoms with van der Waals surface area (Å²) in [7, 11) is 0. The smallest absolute Gasteiger partial charge is 0.258 e. The molecule has 1 amide bonds. The van der Waals surface area contributed by atoms with E-state index in [9.17, 15) is 9.59 Å². The van der Waals surface area contributed by atoms with Gasteiger partial charge in [-0.25, -0.2) is 4.98 Å². The minimum absolute atomic E-state index is 0.0943. The van der Waals surface area contributed by atoms with Gasteiger partial charge in [0.1, 0.15) is 6.54 Å². The van der Waals surface area contributed by atoms with Gasteiger partial charge in [0.15, 0.2) is 0 Å². The maximum absolute atomic E-state index is 12.8. The quantitative estimate of drug-likeness (QED) is 0.871. The molecule has 0 atom stereocenters. The fraction of sp³-hybridized carbons (Fsp3) is 0.450.